The van der Waals surface area contributed by atoms with Crippen LogP contribution in [0.4, 0.5) is 10.1 Å². The molecule has 0 fully saturated rings. The van der Waals surface area contributed by atoms with Crippen LogP contribution in [0.1, 0.15) is 16.7 Å². The fraction of sp³-hybridized carbons (Fsp3) is 0.235. The highest BCUT2D eigenvalue weighted by molar-refractivity contribution is 7.92. The minimum absolute atomic E-state index is 0.0484. The lowest BCUT2D eigenvalue weighted by molar-refractivity contribution is -0.139. The fourth-order valence-corrected chi connectivity index (χ4v) is 6.61. The second-order valence-electron chi connectivity index (χ2n) is 10.6. The molecule has 11 heteroatoms. The largest absolute Gasteiger partial charge is 0.486 e. The molecule has 4 aromatic rings. The van der Waals surface area contributed by atoms with Crippen LogP contribution in [-0.2, 0) is 32.6 Å². The molecule has 1 aliphatic heterocycles. The Morgan fingerprint density at radius 3 is 2.24 bits per heavy atom. The number of hydrogen-bond acceptors (Lipinski definition) is 6. The molecule has 2 amide bonds. The summed E-state index contributed by atoms with van der Waals surface area (Å²) in [5, 5.41) is 2.66. The minimum Gasteiger partial charge on any atom is -0.486 e. The van der Waals surface area contributed by atoms with Crippen LogP contribution in [0.3, 0.4) is 0 Å². The summed E-state index contributed by atoms with van der Waals surface area (Å²) >= 11 is 0. The van der Waals surface area contributed by atoms with E-state index in [0.717, 1.165) is 33.1 Å². The van der Waals surface area contributed by atoms with Crippen molar-refractivity contribution in [2.75, 3.05) is 31.1 Å². The SMILES string of the molecule is CNC(=O)C(Cc1ccccc1)N(Cc1cccc(C)c1)C(=O)CN(c1ccc(F)cc1)S(=O)(=O)c1ccc2c(c1)OCCO2. The van der Waals surface area contributed by atoms with Gasteiger partial charge in [0.05, 0.1) is 10.6 Å². The number of likely N-dealkylation sites (N-methyl/N-ethyl adjacent to an activating group) is 1. The van der Waals surface area contributed by atoms with Crippen molar-refractivity contribution >= 4 is 27.5 Å². The zero-order chi connectivity index (χ0) is 32.0. The number of nitrogens with zero attached hydrogens (tertiary/aromatic N) is 2. The molecule has 1 unspecified atom stereocenters. The maximum absolute atomic E-state index is 14.4. The van der Waals surface area contributed by atoms with Crippen molar-refractivity contribution in [3.8, 4) is 11.5 Å². The van der Waals surface area contributed by atoms with E-state index in [1.54, 1.807) is 0 Å². The van der Waals surface area contributed by atoms with Crippen molar-refractivity contribution in [3.63, 3.8) is 0 Å². The number of amides is 2. The lowest BCUT2D eigenvalue weighted by Crippen LogP contribution is -2.53. The number of anilines is 1. The van der Waals surface area contributed by atoms with E-state index in [0.29, 0.717) is 12.4 Å². The molecular formula is C34H34FN3O6S. The van der Waals surface area contributed by atoms with Crippen molar-refractivity contribution in [1.29, 1.82) is 0 Å². The minimum atomic E-state index is -4.39. The van der Waals surface area contributed by atoms with Gasteiger partial charge in [-0.3, -0.25) is 13.9 Å². The fourth-order valence-electron chi connectivity index (χ4n) is 5.18. The third-order valence-electron chi connectivity index (χ3n) is 7.45. The summed E-state index contributed by atoms with van der Waals surface area (Å²) in [5.41, 5.74) is 2.64. The topological polar surface area (TPSA) is 105 Å². The van der Waals surface area contributed by atoms with Gasteiger partial charge in [0.1, 0.15) is 31.6 Å². The van der Waals surface area contributed by atoms with Crippen LogP contribution in [0.5, 0.6) is 11.5 Å². The van der Waals surface area contributed by atoms with Gasteiger partial charge in [0.2, 0.25) is 11.8 Å². The van der Waals surface area contributed by atoms with E-state index < -0.39 is 40.2 Å². The summed E-state index contributed by atoms with van der Waals surface area (Å²) in [6.07, 6.45) is 0.198. The van der Waals surface area contributed by atoms with Gasteiger partial charge in [0.25, 0.3) is 10.0 Å². The van der Waals surface area contributed by atoms with Crippen molar-refractivity contribution in [2.24, 2.45) is 0 Å². The predicted octanol–water partition coefficient (Wildman–Crippen LogP) is 4.49. The average Bonchev–Trinajstić information content (AvgIpc) is 3.05. The molecular weight excluding hydrogens is 597 g/mol. The Bertz CT molecular complexity index is 1770. The quantitative estimate of drug-likeness (QED) is 0.262. The first-order chi connectivity index (χ1) is 21.7. The van der Waals surface area contributed by atoms with Gasteiger partial charge in [-0.05, 0) is 54.4 Å². The number of sulfonamides is 1. The monoisotopic (exact) mass is 631 g/mol. The normalized spacial score (nSPS) is 13.0. The van der Waals surface area contributed by atoms with E-state index in [9.17, 15) is 22.4 Å². The van der Waals surface area contributed by atoms with Gasteiger partial charge in [-0.2, -0.15) is 0 Å². The number of carbonyl (C=O) groups excluding carboxylic acids is 2. The van der Waals surface area contributed by atoms with E-state index >= 15 is 0 Å². The summed E-state index contributed by atoms with van der Waals surface area (Å²) in [5.74, 6) is -0.917. The highest BCUT2D eigenvalue weighted by Gasteiger charge is 2.35. The molecule has 45 heavy (non-hydrogen) atoms. The summed E-state index contributed by atoms with van der Waals surface area (Å²) in [7, 11) is -2.90. The van der Waals surface area contributed by atoms with E-state index in [2.05, 4.69) is 5.32 Å². The van der Waals surface area contributed by atoms with Gasteiger partial charge in [-0.15, -0.1) is 0 Å². The molecule has 5 rings (SSSR count). The van der Waals surface area contributed by atoms with Crippen LogP contribution in [0, 0.1) is 12.7 Å². The van der Waals surface area contributed by atoms with Crippen LogP contribution in [0.2, 0.25) is 0 Å². The smallest absolute Gasteiger partial charge is 0.264 e. The highest BCUT2D eigenvalue weighted by Crippen LogP contribution is 2.34. The Morgan fingerprint density at radius 1 is 0.867 bits per heavy atom. The number of fused-ring (bicyclic) bond motifs is 1. The zero-order valence-corrected chi connectivity index (χ0v) is 25.8. The van der Waals surface area contributed by atoms with Gasteiger partial charge in [-0.1, -0.05) is 60.2 Å². The predicted molar refractivity (Wildman–Crippen MR) is 168 cm³/mol. The molecule has 0 radical (unpaired) electrons. The molecule has 0 aliphatic carbocycles. The van der Waals surface area contributed by atoms with E-state index in [4.69, 9.17) is 9.47 Å². The first-order valence-electron chi connectivity index (χ1n) is 14.4. The molecule has 0 aromatic heterocycles. The Hall–Kier alpha value is -4.90. The standard InChI is InChI=1S/C34H34FN3O6S/c1-24-7-6-10-26(19-24)22-37(30(34(40)36-2)20-25-8-4-3-5-9-25)33(39)23-38(28-13-11-27(35)12-14-28)45(41,42)29-15-16-31-32(21-29)44-18-17-43-31/h3-16,19,21,30H,17-18,20,22-23H2,1-2H3,(H,36,40). The first-order valence-corrected chi connectivity index (χ1v) is 15.9. The summed E-state index contributed by atoms with van der Waals surface area (Å²) in [4.78, 5) is 29.0. The number of rotatable bonds is 11. The number of halogens is 1. The van der Waals surface area contributed by atoms with Crippen LogP contribution >= 0.6 is 0 Å². The van der Waals surface area contributed by atoms with E-state index in [1.165, 1.54) is 42.3 Å². The Labute approximate surface area is 262 Å². The molecule has 234 valence electrons. The second-order valence-corrected chi connectivity index (χ2v) is 12.5. The van der Waals surface area contributed by atoms with Crippen LogP contribution < -0.4 is 19.1 Å². The first kappa shape index (κ1) is 31.5. The third-order valence-corrected chi connectivity index (χ3v) is 9.22. The lowest BCUT2D eigenvalue weighted by atomic mass is 10.0. The number of ether oxygens (including phenoxy) is 2. The maximum Gasteiger partial charge on any atom is 0.264 e. The maximum atomic E-state index is 14.4. The zero-order valence-electron chi connectivity index (χ0n) is 25.0. The van der Waals surface area contributed by atoms with Gasteiger partial charge >= 0.3 is 0 Å². The highest BCUT2D eigenvalue weighted by atomic mass is 32.2. The second kappa shape index (κ2) is 13.8. The number of aryl methyl sites for hydroxylation is 1. The molecule has 0 spiro atoms. The van der Waals surface area contributed by atoms with Crippen molar-refractivity contribution in [3.05, 3.63) is 120 Å². The molecule has 0 saturated heterocycles. The van der Waals surface area contributed by atoms with Crippen molar-refractivity contribution < 1.29 is 31.9 Å². The molecule has 4 aromatic carbocycles. The Kier molecular flexibility index (Phi) is 9.68. The van der Waals surface area contributed by atoms with Gasteiger partial charge in [-0.25, -0.2) is 12.8 Å². The molecule has 1 heterocycles. The number of hydrogen-bond donors (Lipinski definition) is 1. The van der Waals surface area contributed by atoms with Gasteiger partial charge in [0, 0.05) is 26.1 Å². The Morgan fingerprint density at radius 2 is 1.56 bits per heavy atom. The Balaban J connectivity index is 1.56. The van der Waals surface area contributed by atoms with E-state index in [1.807, 2.05) is 61.5 Å². The molecule has 0 saturated carbocycles. The van der Waals surface area contributed by atoms with Crippen molar-refractivity contribution in [2.45, 2.75) is 30.8 Å². The molecule has 9 nitrogen and oxygen atoms in total. The van der Waals surface area contributed by atoms with Crippen LogP contribution in [-0.4, -0.2) is 58.0 Å². The number of benzene rings is 4. The third kappa shape index (κ3) is 7.43. The number of nitrogens with one attached hydrogen (secondary N) is 1. The molecule has 0 bridgehead atoms. The summed E-state index contributed by atoms with van der Waals surface area (Å²) in [6.45, 7) is 1.91. The van der Waals surface area contributed by atoms with Gasteiger partial charge < -0.3 is 19.7 Å². The summed E-state index contributed by atoms with van der Waals surface area (Å²) < 4.78 is 54.4. The van der Waals surface area contributed by atoms with Crippen LogP contribution in [0.25, 0.3) is 0 Å². The van der Waals surface area contributed by atoms with E-state index in [-0.39, 0.29) is 35.9 Å². The molecule has 1 atom stereocenters. The summed E-state index contributed by atoms with van der Waals surface area (Å²) in [6, 6.07) is 24.9. The van der Waals surface area contributed by atoms with Crippen LogP contribution in [0.15, 0.2) is 102 Å². The average molecular weight is 632 g/mol. The number of carbonyl (C=O) groups is 2. The van der Waals surface area contributed by atoms with Crippen molar-refractivity contribution in [1.82, 2.24) is 10.2 Å². The van der Waals surface area contributed by atoms with Gasteiger partial charge in [0.15, 0.2) is 11.5 Å². The molecule has 1 N–H and O–H groups in total. The lowest BCUT2D eigenvalue weighted by Gasteiger charge is -2.33. The molecule has 1 aliphatic rings.